The molecule has 0 spiro atoms. The number of ketones is 1. The van der Waals surface area contributed by atoms with Crippen molar-refractivity contribution in [1.82, 2.24) is 4.90 Å². The van der Waals surface area contributed by atoms with Gasteiger partial charge in [0.1, 0.15) is 10.1 Å². The molecule has 0 aliphatic carbocycles. The molecule has 1 saturated heterocycles. The largest absolute Gasteiger partial charge is 0.300 e. The van der Waals surface area contributed by atoms with E-state index in [1.807, 2.05) is 0 Å². The van der Waals surface area contributed by atoms with Crippen LogP contribution in [0.15, 0.2) is 0 Å². The maximum absolute atomic E-state index is 11.3. The molecule has 5 heteroatoms. The van der Waals surface area contributed by atoms with Crippen LogP contribution in [0.1, 0.15) is 19.8 Å². The minimum atomic E-state index is 0.0463. The summed E-state index contributed by atoms with van der Waals surface area (Å²) in [5, 5.41) is 0. The molecule has 1 fully saturated rings. The Labute approximate surface area is 86.9 Å². The third-order valence-corrected chi connectivity index (χ3v) is 3.20. The number of carbonyl (C=O) groups is 2. The summed E-state index contributed by atoms with van der Waals surface area (Å²) >= 11 is 6.52. The predicted octanol–water partition coefficient (Wildman–Crippen LogP) is 1.22. The maximum Gasteiger partial charge on any atom is 0.228 e. The monoisotopic (exact) mass is 217 g/mol. The summed E-state index contributed by atoms with van der Waals surface area (Å²) in [6.07, 6.45) is 0.926. The minimum Gasteiger partial charge on any atom is -0.300 e. The topological polar surface area (TPSA) is 37.4 Å². The number of Topliss-reactive ketones (excluding diaryl/α,β-unsaturated/α-hetero) is 1. The van der Waals surface area contributed by atoms with E-state index in [2.05, 4.69) is 0 Å². The molecule has 1 heterocycles. The van der Waals surface area contributed by atoms with E-state index in [-0.39, 0.29) is 11.7 Å². The second kappa shape index (κ2) is 4.72. The average Bonchev–Trinajstić information content (AvgIpc) is 2.03. The van der Waals surface area contributed by atoms with Crippen molar-refractivity contribution >= 4 is 40.0 Å². The molecule has 0 unspecified atom stereocenters. The van der Waals surface area contributed by atoms with Crippen LogP contribution in [0.5, 0.6) is 0 Å². The molecule has 0 atom stereocenters. The summed E-state index contributed by atoms with van der Waals surface area (Å²) in [5.41, 5.74) is 0. The second-order valence-corrected chi connectivity index (χ2v) is 4.59. The third-order valence-electron chi connectivity index (χ3n) is 1.75. The van der Waals surface area contributed by atoms with Crippen molar-refractivity contribution in [3.05, 3.63) is 0 Å². The zero-order chi connectivity index (χ0) is 9.84. The van der Waals surface area contributed by atoms with E-state index in [4.69, 9.17) is 12.2 Å². The SMILES string of the molecule is CC(=O)CCN1C(=O)CCSC1=S. The second-order valence-electron chi connectivity index (χ2n) is 2.86. The summed E-state index contributed by atoms with van der Waals surface area (Å²) in [6.45, 7) is 1.96. The highest BCUT2D eigenvalue weighted by Gasteiger charge is 2.23. The summed E-state index contributed by atoms with van der Waals surface area (Å²) in [4.78, 5) is 23.6. The molecule has 72 valence electrons. The van der Waals surface area contributed by atoms with Crippen LogP contribution >= 0.6 is 24.0 Å². The average molecular weight is 217 g/mol. The van der Waals surface area contributed by atoms with Crippen LogP contribution in [0.4, 0.5) is 0 Å². The fourth-order valence-electron chi connectivity index (χ4n) is 1.03. The van der Waals surface area contributed by atoms with Crippen LogP contribution in [0, 0.1) is 0 Å². The Bertz CT molecular complexity index is 237. The zero-order valence-corrected chi connectivity index (χ0v) is 9.04. The molecule has 0 N–H and O–H groups in total. The number of thiocarbonyl (C=S) groups is 1. The third kappa shape index (κ3) is 3.08. The Morgan fingerprint density at radius 1 is 1.69 bits per heavy atom. The van der Waals surface area contributed by atoms with Crippen LogP contribution in [-0.2, 0) is 9.59 Å². The first kappa shape index (κ1) is 10.7. The number of carbonyl (C=O) groups excluding carboxylic acids is 2. The van der Waals surface area contributed by atoms with Crippen molar-refractivity contribution in [3.8, 4) is 0 Å². The first-order valence-electron chi connectivity index (χ1n) is 4.08. The molecule has 0 aromatic rings. The Morgan fingerprint density at radius 2 is 2.38 bits per heavy atom. The molecule has 3 nitrogen and oxygen atoms in total. The van der Waals surface area contributed by atoms with Gasteiger partial charge in [0.15, 0.2) is 0 Å². The van der Waals surface area contributed by atoms with Gasteiger partial charge in [-0.05, 0) is 6.92 Å². The highest BCUT2D eigenvalue weighted by atomic mass is 32.2. The van der Waals surface area contributed by atoms with Gasteiger partial charge in [0.25, 0.3) is 0 Å². The van der Waals surface area contributed by atoms with Crippen LogP contribution in [0.3, 0.4) is 0 Å². The van der Waals surface area contributed by atoms with Crippen molar-refractivity contribution in [2.45, 2.75) is 19.8 Å². The Kier molecular flexibility index (Phi) is 3.87. The summed E-state index contributed by atoms with van der Waals surface area (Å²) < 4.78 is 0.609. The normalized spacial score (nSPS) is 17.8. The van der Waals surface area contributed by atoms with Gasteiger partial charge < -0.3 is 0 Å². The van der Waals surface area contributed by atoms with Gasteiger partial charge >= 0.3 is 0 Å². The number of thioether (sulfide) groups is 1. The van der Waals surface area contributed by atoms with E-state index in [9.17, 15) is 9.59 Å². The quantitative estimate of drug-likeness (QED) is 0.666. The number of hydrogen-bond donors (Lipinski definition) is 0. The van der Waals surface area contributed by atoms with E-state index < -0.39 is 0 Å². The first-order chi connectivity index (χ1) is 6.11. The number of hydrogen-bond acceptors (Lipinski definition) is 4. The molecule has 1 aliphatic heterocycles. The molecule has 0 saturated carbocycles. The molecule has 0 radical (unpaired) electrons. The van der Waals surface area contributed by atoms with Crippen molar-refractivity contribution in [2.24, 2.45) is 0 Å². The zero-order valence-electron chi connectivity index (χ0n) is 7.41. The van der Waals surface area contributed by atoms with E-state index in [1.54, 1.807) is 0 Å². The maximum atomic E-state index is 11.3. The van der Waals surface area contributed by atoms with Gasteiger partial charge in [-0.2, -0.15) is 0 Å². The molecule has 0 aromatic heterocycles. The molecule has 1 aliphatic rings. The standard InChI is InChI=1S/C8H11NO2S2/c1-6(10)2-4-9-7(11)3-5-13-8(9)12/h2-5H2,1H3. The van der Waals surface area contributed by atoms with E-state index in [1.165, 1.54) is 23.6 Å². The van der Waals surface area contributed by atoms with Crippen LogP contribution in [0.2, 0.25) is 0 Å². The lowest BCUT2D eigenvalue weighted by Crippen LogP contribution is -2.39. The molecular weight excluding hydrogens is 206 g/mol. The molecule has 1 rings (SSSR count). The number of nitrogens with zero attached hydrogens (tertiary/aromatic N) is 1. The lowest BCUT2D eigenvalue weighted by atomic mass is 10.3. The predicted molar refractivity (Wildman–Crippen MR) is 56.7 cm³/mol. The number of rotatable bonds is 3. The van der Waals surface area contributed by atoms with Gasteiger partial charge in [-0.15, -0.1) is 0 Å². The number of amides is 1. The van der Waals surface area contributed by atoms with Gasteiger partial charge in [-0.1, -0.05) is 24.0 Å². The van der Waals surface area contributed by atoms with Crippen LogP contribution in [-0.4, -0.2) is 33.2 Å². The minimum absolute atomic E-state index is 0.0463. The van der Waals surface area contributed by atoms with E-state index in [0.717, 1.165) is 5.75 Å². The van der Waals surface area contributed by atoms with Gasteiger partial charge in [-0.25, -0.2) is 0 Å². The van der Waals surface area contributed by atoms with Crippen molar-refractivity contribution < 1.29 is 9.59 Å². The van der Waals surface area contributed by atoms with Gasteiger partial charge in [0, 0.05) is 25.1 Å². The molecule has 1 amide bonds. The van der Waals surface area contributed by atoms with E-state index >= 15 is 0 Å². The first-order valence-corrected chi connectivity index (χ1v) is 5.47. The molecule has 0 aromatic carbocycles. The lowest BCUT2D eigenvalue weighted by molar-refractivity contribution is -0.127. The van der Waals surface area contributed by atoms with Crippen molar-refractivity contribution in [3.63, 3.8) is 0 Å². The smallest absolute Gasteiger partial charge is 0.228 e. The fraction of sp³-hybridized carbons (Fsp3) is 0.625. The summed E-state index contributed by atoms with van der Waals surface area (Å²) in [5.74, 6) is 0.907. The van der Waals surface area contributed by atoms with Crippen molar-refractivity contribution in [1.29, 1.82) is 0 Å². The van der Waals surface area contributed by atoms with Crippen molar-refractivity contribution in [2.75, 3.05) is 12.3 Å². The Hall–Kier alpha value is -0.420. The van der Waals surface area contributed by atoms with E-state index in [0.29, 0.717) is 23.7 Å². The lowest BCUT2D eigenvalue weighted by Gasteiger charge is -2.26. The van der Waals surface area contributed by atoms with Gasteiger partial charge in [-0.3, -0.25) is 14.5 Å². The molecule has 13 heavy (non-hydrogen) atoms. The fourth-order valence-corrected chi connectivity index (χ4v) is 2.27. The Morgan fingerprint density at radius 3 is 2.92 bits per heavy atom. The van der Waals surface area contributed by atoms with Crippen LogP contribution in [0.25, 0.3) is 0 Å². The van der Waals surface area contributed by atoms with Gasteiger partial charge in [0.05, 0.1) is 0 Å². The van der Waals surface area contributed by atoms with Gasteiger partial charge in [0.2, 0.25) is 5.91 Å². The summed E-state index contributed by atoms with van der Waals surface area (Å²) in [6, 6.07) is 0. The molecule has 0 bridgehead atoms. The molecular formula is C8H11NO2S2. The Balaban J connectivity index is 2.49. The highest BCUT2D eigenvalue weighted by molar-refractivity contribution is 8.23. The summed E-state index contributed by atoms with van der Waals surface area (Å²) in [7, 11) is 0. The van der Waals surface area contributed by atoms with Crippen LogP contribution < -0.4 is 0 Å². The highest BCUT2D eigenvalue weighted by Crippen LogP contribution is 2.18.